The van der Waals surface area contributed by atoms with Crippen LogP contribution in [0.5, 0.6) is 11.5 Å². The van der Waals surface area contributed by atoms with E-state index in [0.29, 0.717) is 33.0 Å². The number of benzene rings is 3. The maximum Gasteiger partial charge on any atom is 0.488 e. The number of rotatable bonds is 6. The molecule has 0 bridgehead atoms. The number of nitriles is 1. The monoisotopic (exact) mass is 573 g/mol. The lowest BCUT2D eigenvalue weighted by Crippen LogP contribution is -2.20. The summed E-state index contributed by atoms with van der Waals surface area (Å²) in [6, 6.07) is 14.3. The van der Waals surface area contributed by atoms with Crippen molar-refractivity contribution in [3.05, 3.63) is 70.4 Å². The molecule has 5 rings (SSSR count). The van der Waals surface area contributed by atoms with E-state index in [0.717, 1.165) is 12.1 Å². The van der Waals surface area contributed by atoms with Crippen LogP contribution < -0.4 is 14.3 Å². The van der Waals surface area contributed by atoms with Gasteiger partial charge in [0.05, 0.1) is 27.9 Å². The Labute approximate surface area is 224 Å². The molecule has 2 aromatic heterocycles. The molecule has 1 N–H and O–H groups in total. The Morgan fingerprint density at radius 3 is 2.48 bits per heavy atom. The molecule has 2 heterocycles. The minimum absolute atomic E-state index is 0.0751. The van der Waals surface area contributed by atoms with Gasteiger partial charge < -0.3 is 18.5 Å². The van der Waals surface area contributed by atoms with Crippen LogP contribution in [0, 0.1) is 11.3 Å². The summed E-state index contributed by atoms with van der Waals surface area (Å²) >= 11 is 0. The third-order valence-electron chi connectivity index (χ3n) is 6.23. The standard InChI is InChI=1S/C27H19F4N3O5S/c1-14(2)34-22-10-19(16-4-3-5-17(9-16)39-40(31,36)37)23(38-13-27(28,29)30)11-20(22)25(35)24-18-7-6-15(12-32)8-21(18)33-26(24)34/h3-11,14,33H,13H2,1-2H3. The minimum Gasteiger partial charge on any atom is -0.483 e. The number of fused-ring (bicyclic) bond motifs is 4. The molecule has 0 saturated carbocycles. The van der Waals surface area contributed by atoms with Gasteiger partial charge in [-0.2, -0.15) is 26.9 Å². The second-order valence-corrected chi connectivity index (χ2v) is 10.2. The van der Waals surface area contributed by atoms with Crippen LogP contribution in [-0.2, 0) is 10.5 Å². The SMILES string of the molecule is CC(C)n1c2cc(-c3cccc(OS(=O)(=O)F)c3)c(OCC(F)(F)F)cc2c(=O)c2c3ccc(C#N)cc3[nH]c21. The molecule has 0 unspecified atom stereocenters. The van der Waals surface area contributed by atoms with Crippen LogP contribution in [0.15, 0.2) is 59.4 Å². The van der Waals surface area contributed by atoms with Crippen LogP contribution in [0.25, 0.3) is 44.0 Å². The Bertz CT molecular complexity index is 2020. The van der Waals surface area contributed by atoms with Gasteiger partial charge in [-0.1, -0.05) is 22.1 Å². The van der Waals surface area contributed by atoms with Crippen molar-refractivity contribution in [2.45, 2.75) is 26.1 Å². The maximum absolute atomic E-state index is 13.8. The summed E-state index contributed by atoms with van der Waals surface area (Å²) in [7, 11) is -5.37. The zero-order valence-electron chi connectivity index (χ0n) is 20.8. The molecule has 8 nitrogen and oxygen atoms in total. The number of aromatic amines is 1. The molecule has 3 aromatic carbocycles. The third kappa shape index (κ3) is 5.05. The molecule has 0 spiro atoms. The van der Waals surface area contributed by atoms with E-state index in [4.69, 9.17) is 4.74 Å². The summed E-state index contributed by atoms with van der Waals surface area (Å²) in [4.78, 5) is 17.0. The normalized spacial score (nSPS) is 12.3. The molecule has 13 heteroatoms. The highest BCUT2D eigenvalue weighted by molar-refractivity contribution is 7.81. The van der Waals surface area contributed by atoms with Crippen LogP contribution in [0.2, 0.25) is 0 Å². The Hall–Kier alpha value is -4.57. The average Bonchev–Trinajstić information content (AvgIpc) is 3.24. The number of halogens is 4. The van der Waals surface area contributed by atoms with Gasteiger partial charge >= 0.3 is 16.7 Å². The number of hydrogen-bond donors (Lipinski definition) is 1. The van der Waals surface area contributed by atoms with Gasteiger partial charge in [-0.05, 0) is 55.8 Å². The molecule has 0 radical (unpaired) electrons. The summed E-state index contributed by atoms with van der Waals surface area (Å²) in [6.07, 6.45) is -4.70. The molecular weight excluding hydrogens is 554 g/mol. The summed E-state index contributed by atoms with van der Waals surface area (Å²) in [5.41, 5.74) is 1.44. The number of H-pyrrole nitrogens is 1. The predicted octanol–water partition coefficient (Wildman–Crippen LogP) is 6.29. The van der Waals surface area contributed by atoms with Crippen molar-refractivity contribution < 1.29 is 34.4 Å². The fourth-order valence-electron chi connectivity index (χ4n) is 4.74. The molecular formula is C27H19F4N3O5S. The fourth-order valence-corrected chi connectivity index (χ4v) is 5.07. The minimum atomic E-state index is -5.37. The van der Waals surface area contributed by atoms with E-state index in [9.17, 15) is 35.5 Å². The number of nitrogens with zero attached hydrogens (tertiary/aromatic N) is 2. The molecule has 206 valence electrons. The molecule has 0 aliphatic heterocycles. The number of aromatic nitrogens is 2. The first-order valence-electron chi connectivity index (χ1n) is 11.8. The van der Waals surface area contributed by atoms with Crippen LogP contribution in [-0.4, -0.2) is 30.8 Å². The molecule has 0 aliphatic carbocycles. The Morgan fingerprint density at radius 2 is 1.82 bits per heavy atom. The predicted molar refractivity (Wildman–Crippen MR) is 140 cm³/mol. The van der Waals surface area contributed by atoms with E-state index in [1.807, 2.05) is 19.9 Å². The summed E-state index contributed by atoms with van der Waals surface area (Å²) < 4.78 is 85.8. The van der Waals surface area contributed by atoms with Crippen molar-refractivity contribution in [2.75, 3.05) is 6.61 Å². The lowest BCUT2D eigenvalue weighted by molar-refractivity contribution is -0.153. The molecule has 0 atom stereocenters. The maximum atomic E-state index is 13.8. The number of nitrogens with one attached hydrogen (secondary N) is 1. The number of hydrogen-bond acceptors (Lipinski definition) is 6. The second-order valence-electron chi connectivity index (χ2n) is 9.29. The van der Waals surface area contributed by atoms with E-state index in [1.165, 1.54) is 24.3 Å². The first-order valence-corrected chi connectivity index (χ1v) is 13.1. The van der Waals surface area contributed by atoms with Gasteiger partial charge in [0.1, 0.15) is 17.1 Å². The van der Waals surface area contributed by atoms with Gasteiger partial charge in [0.15, 0.2) is 12.0 Å². The van der Waals surface area contributed by atoms with Gasteiger partial charge in [0, 0.05) is 22.5 Å². The quantitative estimate of drug-likeness (QED) is 0.189. The zero-order valence-corrected chi connectivity index (χ0v) is 21.7. The van der Waals surface area contributed by atoms with Gasteiger partial charge in [-0.25, -0.2) is 0 Å². The first kappa shape index (κ1) is 27.0. The smallest absolute Gasteiger partial charge is 0.483 e. The van der Waals surface area contributed by atoms with Crippen molar-refractivity contribution in [1.29, 1.82) is 5.26 Å². The Morgan fingerprint density at radius 1 is 1.07 bits per heavy atom. The zero-order chi connectivity index (χ0) is 29.0. The van der Waals surface area contributed by atoms with Gasteiger partial charge in [0.2, 0.25) is 0 Å². The van der Waals surface area contributed by atoms with Crippen molar-refractivity contribution in [3.8, 4) is 28.7 Å². The lowest BCUT2D eigenvalue weighted by atomic mass is 10.00. The highest BCUT2D eigenvalue weighted by Crippen LogP contribution is 2.38. The van der Waals surface area contributed by atoms with Crippen molar-refractivity contribution in [1.82, 2.24) is 9.55 Å². The third-order valence-corrected chi connectivity index (χ3v) is 6.62. The molecule has 40 heavy (non-hydrogen) atoms. The van der Waals surface area contributed by atoms with Crippen molar-refractivity contribution in [2.24, 2.45) is 0 Å². The van der Waals surface area contributed by atoms with E-state index in [-0.39, 0.29) is 28.3 Å². The van der Waals surface area contributed by atoms with Crippen molar-refractivity contribution in [3.63, 3.8) is 0 Å². The molecule has 0 amide bonds. The van der Waals surface area contributed by atoms with Crippen molar-refractivity contribution >= 4 is 43.3 Å². The molecule has 0 fully saturated rings. The van der Waals surface area contributed by atoms with Crippen LogP contribution in [0.4, 0.5) is 17.1 Å². The molecule has 0 saturated heterocycles. The van der Waals surface area contributed by atoms with E-state index >= 15 is 0 Å². The Balaban J connectivity index is 1.86. The Kier molecular flexibility index (Phi) is 6.46. The van der Waals surface area contributed by atoms with E-state index in [1.54, 1.807) is 22.8 Å². The van der Waals surface area contributed by atoms with E-state index < -0.39 is 34.5 Å². The summed E-state index contributed by atoms with van der Waals surface area (Å²) in [6.45, 7) is 2.04. The van der Waals surface area contributed by atoms with Gasteiger partial charge in [0.25, 0.3) is 0 Å². The van der Waals surface area contributed by atoms with Gasteiger partial charge in [-0.15, -0.1) is 0 Å². The second kappa shape index (κ2) is 9.56. The fraction of sp³-hybridized carbons (Fsp3) is 0.185. The van der Waals surface area contributed by atoms with Crippen LogP contribution in [0.3, 0.4) is 0 Å². The number of pyridine rings is 1. The van der Waals surface area contributed by atoms with Crippen LogP contribution >= 0.6 is 0 Å². The molecule has 0 aliphatic rings. The summed E-state index contributed by atoms with van der Waals surface area (Å²) in [5.74, 6) is -0.717. The topological polar surface area (TPSA) is 114 Å². The van der Waals surface area contributed by atoms with Crippen LogP contribution in [0.1, 0.15) is 25.5 Å². The number of ether oxygens (including phenoxy) is 1. The lowest BCUT2D eigenvalue weighted by Gasteiger charge is -2.20. The largest absolute Gasteiger partial charge is 0.488 e. The molecule has 5 aromatic rings. The highest BCUT2D eigenvalue weighted by Gasteiger charge is 2.29. The highest BCUT2D eigenvalue weighted by atomic mass is 32.3. The van der Waals surface area contributed by atoms with E-state index in [2.05, 4.69) is 9.17 Å². The van der Waals surface area contributed by atoms with Gasteiger partial charge in [-0.3, -0.25) is 4.79 Å². The number of alkyl halides is 3. The first-order chi connectivity index (χ1) is 18.8. The summed E-state index contributed by atoms with van der Waals surface area (Å²) in [5, 5.41) is 10.2. The average molecular weight is 574 g/mol.